The molecule has 0 aromatic heterocycles. The number of nitrogens with one attached hydrogen (secondary N) is 1. The van der Waals surface area contributed by atoms with Gasteiger partial charge in [0.05, 0.1) is 37.7 Å². The SMILES string of the molecule is C1COCCN1.COc1cccc(C(C#N)(CCN(C)C)C(C)C(C)C(=O)O)c1. The Morgan fingerprint density at radius 2 is 2.03 bits per heavy atom. The summed E-state index contributed by atoms with van der Waals surface area (Å²) in [6.45, 7) is 8.04. The Balaban J connectivity index is 0.000000594. The molecule has 29 heavy (non-hydrogen) atoms. The predicted octanol–water partition coefficient (Wildman–Crippen LogP) is 2.37. The lowest BCUT2D eigenvalue weighted by molar-refractivity contribution is -0.143. The molecule has 3 atom stereocenters. The van der Waals surface area contributed by atoms with Gasteiger partial charge in [0, 0.05) is 13.1 Å². The lowest BCUT2D eigenvalue weighted by Crippen LogP contribution is -2.40. The summed E-state index contributed by atoms with van der Waals surface area (Å²) in [7, 11) is 5.47. The Labute approximate surface area is 174 Å². The van der Waals surface area contributed by atoms with Gasteiger partial charge in [-0.15, -0.1) is 0 Å². The van der Waals surface area contributed by atoms with E-state index in [9.17, 15) is 15.2 Å². The van der Waals surface area contributed by atoms with E-state index >= 15 is 0 Å². The fourth-order valence-electron chi connectivity index (χ4n) is 3.31. The molecule has 0 amide bonds. The number of methoxy groups -OCH3 is 1. The quantitative estimate of drug-likeness (QED) is 0.685. The third-order valence-corrected chi connectivity index (χ3v) is 5.50. The number of carbonyl (C=O) groups is 1. The van der Waals surface area contributed by atoms with Crippen molar-refractivity contribution in [2.24, 2.45) is 11.8 Å². The standard InChI is InChI=1S/C18H26N2O3.C4H9NO/c1-13(17(21)22)14(2)18(12-19,9-10-20(3)4)15-7-6-8-16(11-15)23-5;1-3-6-4-2-5-1/h6-8,11,13-14H,9-10H2,1-5H3,(H,21,22);5H,1-4H2. The highest BCUT2D eigenvalue weighted by Gasteiger charge is 2.43. The molecule has 7 heteroatoms. The summed E-state index contributed by atoms with van der Waals surface area (Å²) in [5, 5.41) is 22.6. The third-order valence-electron chi connectivity index (χ3n) is 5.50. The molecule has 1 aliphatic rings. The van der Waals surface area contributed by atoms with E-state index in [1.165, 1.54) is 0 Å². The molecule has 2 rings (SSSR count). The van der Waals surface area contributed by atoms with E-state index in [1.807, 2.05) is 50.2 Å². The van der Waals surface area contributed by atoms with E-state index in [2.05, 4.69) is 11.4 Å². The van der Waals surface area contributed by atoms with Crippen LogP contribution in [0.2, 0.25) is 0 Å². The fourth-order valence-corrected chi connectivity index (χ4v) is 3.31. The third kappa shape index (κ3) is 7.32. The average molecular weight is 406 g/mol. The van der Waals surface area contributed by atoms with E-state index in [-0.39, 0.29) is 5.92 Å². The molecule has 1 heterocycles. The van der Waals surface area contributed by atoms with Crippen molar-refractivity contribution in [1.82, 2.24) is 10.2 Å². The Morgan fingerprint density at radius 1 is 1.38 bits per heavy atom. The van der Waals surface area contributed by atoms with Crippen molar-refractivity contribution in [2.45, 2.75) is 25.7 Å². The van der Waals surface area contributed by atoms with Crippen LogP contribution < -0.4 is 10.1 Å². The molecule has 1 aromatic rings. The van der Waals surface area contributed by atoms with Gasteiger partial charge in [-0.1, -0.05) is 26.0 Å². The second-order valence-electron chi connectivity index (χ2n) is 7.65. The molecule has 162 valence electrons. The number of carboxylic acid groups (broad SMARTS) is 1. The lowest BCUT2D eigenvalue weighted by atomic mass is 9.65. The smallest absolute Gasteiger partial charge is 0.306 e. The molecule has 2 N–H and O–H groups in total. The van der Waals surface area contributed by atoms with Crippen LogP contribution in [0, 0.1) is 23.2 Å². The zero-order chi connectivity index (χ0) is 21.9. The van der Waals surface area contributed by atoms with E-state index < -0.39 is 17.3 Å². The van der Waals surface area contributed by atoms with Gasteiger partial charge in [-0.2, -0.15) is 5.26 Å². The van der Waals surface area contributed by atoms with Crippen LogP contribution in [0.15, 0.2) is 24.3 Å². The van der Waals surface area contributed by atoms with Crippen LogP contribution in [0.3, 0.4) is 0 Å². The van der Waals surface area contributed by atoms with Gasteiger partial charge in [0.1, 0.15) is 5.75 Å². The summed E-state index contributed by atoms with van der Waals surface area (Å²) in [5.41, 5.74) is -0.0711. The number of nitrogens with zero attached hydrogens (tertiary/aromatic N) is 2. The number of aliphatic carboxylic acids is 1. The summed E-state index contributed by atoms with van der Waals surface area (Å²) < 4.78 is 10.3. The minimum atomic E-state index is -0.884. The number of hydrogen-bond donors (Lipinski definition) is 2. The van der Waals surface area contributed by atoms with Gasteiger partial charge in [0.15, 0.2) is 0 Å². The Hall–Kier alpha value is -2.14. The summed E-state index contributed by atoms with van der Waals surface area (Å²) in [4.78, 5) is 13.5. The summed E-state index contributed by atoms with van der Waals surface area (Å²) in [6, 6.07) is 9.81. The number of carboxylic acids is 1. The van der Waals surface area contributed by atoms with Crippen molar-refractivity contribution < 1.29 is 19.4 Å². The van der Waals surface area contributed by atoms with E-state index in [1.54, 1.807) is 14.0 Å². The van der Waals surface area contributed by atoms with Gasteiger partial charge in [-0.05, 0) is 50.7 Å². The minimum absolute atomic E-state index is 0.336. The summed E-state index contributed by atoms with van der Waals surface area (Å²) in [5.74, 6) is -1.17. The number of ether oxygens (including phenoxy) is 2. The van der Waals surface area contributed by atoms with Crippen molar-refractivity contribution in [1.29, 1.82) is 5.26 Å². The number of nitriles is 1. The van der Waals surface area contributed by atoms with Crippen molar-refractivity contribution in [3.05, 3.63) is 29.8 Å². The molecule has 0 radical (unpaired) electrons. The van der Waals surface area contributed by atoms with E-state index in [0.717, 1.165) is 31.9 Å². The predicted molar refractivity (Wildman–Crippen MR) is 113 cm³/mol. The van der Waals surface area contributed by atoms with Gasteiger partial charge >= 0.3 is 5.97 Å². The topological polar surface area (TPSA) is 94.8 Å². The van der Waals surface area contributed by atoms with Crippen molar-refractivity contribution in [3.8, 4) is 11.8 Å². The number of hydrogen-bond acceptors (Lipinski definition) is 6. The van der Waals surface area contributed by atoms with Gasteiger partial charge in [-0.25, -0.2) is 0 Å². The molecule has 1 aliphatic heterocycles. The Kier molecular flexibility index (Phi) is 10.7. The molecule has 0 bridgehead atoms. The Bertz CT molecular complexity index is 659. The van der Waals surface area contributed by atoms with Crippen molar-refractivity contribution in [3.63, 3.8) is 0 Å². The number of morpholine rings is 1. The Morgan fingerprint density at radius 3 is 2.45 bits per heavy atom. The van der Waals surface area contributed by atoms with Crippen LogP contribution in [-0.2, 0) is 14.9 Å². The number of rotatable bonds is 8. The highest BCUT2D eigenvalue weighted by molar-refractivity contribution is 5.70. The molecular formula is C22H35N3O4. The molecule has 1 fully saturated rings. The summed E-state index contributed by atoms with van der Waals surface area (Å²) >= 11 is 0. The van der Waals surface area contributed by atoms with Gasteiger partial charge < -0.3 is 24.8 Å². The first-order chi connectivity index (χ1) is 13.8. The van der Waals surface area contributed by atoms with Crippen LogP contribution in [0.25, 0.3) is 0 Å². The van der Waals surface area contributed by atoms with Crippen LogP contribution >= 0.6 is 0 Å². The molecule has 1 aromatic carbocycles. The summed E-state index contributed by atoms with van der Waals surface area (Å²) in [6.07, 6.45) is 0.558. The lowest BCUT2D eigenvalue weighted by Gasteiger charge is -2.36. The van der Waals surface area contributed by atoms with Gasteiger partial charge in [0.2, 0.25) is 0 Å². The molecular weight excluding hydrogens is 370 g/mol. The molecule has 0 saturated carbocycles. The average Bonchev–Trinajstić information content (AvgIpc) is 2.75. The maximum absolute atomic E-state index is 11.5. The van der Waals surface area contributed by atoms with E-state index in [4.69, 9.17) is 9.47 Å². The van der Waals surface area contributed by atoms with Crippen LogP contribution in [-0.4, -0.2) is 70.0 Å². The second-order valence-corrected chi connectivity index (χ2v) is 7.65. The maximum atomic E-state index is 11.5. The highest BCUT2D eigenvalue weighted by atomic mass is 16.5. The largest absolute Gasteiger partial charge is 0.497 e. The fraction of sp³-hybridized carbons (Fsp3) is 0.636. The molecule has 0 aliphatic carbocycles. The van der Waals surface area contributed by atoms with Crippen molar-refractivity contribution >= 4 is 5.97 Å². The first-order valence-corrected chi connectivity index (χ1v) is 10.00. The van der Waals surface area contributed by atoms with E-state index in [0.29, 0.717) is 18.7 Å². The molecule has 1 saturated heterocycles. The van der Waals surface area contributed by atoms with Gasteiger partial charge in [0.25, 0.3) is 0 Å². The number of benzene rings is 1. The first-order valence-electron chi connectivity index (χ1n) is 10.00. The maximum Gasteiger partial charge on any atom is 0.306 e. The van der Waals surface area contributed by atoms with Crippen LogP contribution in [0.5, 0.6) is 5.75 Å². The second kappa shape index (κ2) is 12.4. The minimum Gasteiger partial charge on any atom is -0.497 e. The van der Waals surface area contributed by atoms with Crippen molar-refractivity contribution in [2.75, 3.05) is 54.1 Å². The molecule has 3 unspecified atom stereocenters. The van der Waals surface area contributed by atoms with Crippen LogP contribution in [0.1, 0.15) is 25.8 Å². The molecule has 0 spiro atoms. The van der Waals surface area contributed by atoms with Crippen LogP contribution in [0.4, 0.5) is 0 Å². The zero-order valence-corrected chi connectivity index (χ0v) is 18.3. The monoisotopic (exact) mass is 405 g/mol. The first kappa shape index (κ1) is 24.9. The highest BCUT2D eigenvalue weighted by Crippen LogP contribution is 2.40. The van der Waals surface area contributed by atoms with Gasteiger partial charge in [-0.3, -0.25) is 4.79 Å². The normalized spacial score (nSPS) is 17.8. The molecule has 7 nitrogen and oxygen atoms in total. The zero-order valence-electron chi connectivity index (χ0n) is 18.3.